The molecule has 0 aliphatic carbocycles. The van der Waals surface area contributed by atoms with Crippen LogP contribution in [0.2, 0.25) is 16.4 Å². The van der Waals surface area contributed by atoms with E-state index in [0.29, 0.717) is 10.6 Å². The minimum atomic E-state index is 0.540. The molecule has 1 heterocycles. The molecule has 1 fully saturated rings. The van der Waals surface area contributed by atoms with Crippen LogP contribution in [-0.4, -0.2) is 15.1 Å². The van der Waals surface area contributed by atoms with Gasteiger partial charge in [-0.25, -0.2) is 0 Å². The van der Waals surface area contributed by atoms with E-state index in [0.717, 1.165) is 5.82 Å². The lowest BCUT2D eigenvalue weighted by molar-refractivity contribution is 0.568. The summed E-state index contributed by atoms with van der Waals surface area (Å²) in [5, 5.41) is 1.21. The molecule has 1 aliphatic heterocycles. The first-order valence-corrected chi connectivity index (χ1v) is 4.31. The molecule has 0 spiro atoms. The van der Waals surface area contributed by atoms with Crippen molar-refractivity contribution in [3.8, 4) is 0 Å². The van der Waals surface area contributed by atoms with Gasteiger partial charge in [0.1, 0.15) is 15.1 Å². The molecule has 0 N–H and O–H groups in total. The predicted octanol–water partition coefficient (Wildman–Crippen LogP) is 1.65. The highest BCUT2D eigenvalue weighted by Gasteiger charge is 2.47. The maximum atomic E-state index is 2.38. The first kappa shape index (κ1) is 8.23. The Labute approximate surface area is 66.4 Å². The van der Waals surface area contributed by atoms with Crippen molar-refractivity contribution in [2.45, 2.75) is 50.6 Å². The maximum Gasteiger partial charge on any atom is 0.130 e. The molecule has 56 valence electrons. The topological polar surface area (TPSA) is 0 Å². The monoisotopic (exact) mass is 136 g/mol. The van der Waals surface area contributed by atoms with Crippen molar-refractivity contribution >= 4 is 15.1 Å². The van der Waals surface area contributed by atoms with E-state index in [9.17, 15) is 0 Å². The summed E-state index contributed by atoms with van der Waals surface area (Å²) in [4.78, 5) is 0. The van der Waals surface area contributed by atoms with Crippen LogP contribution in [-0.2, 0) is 0 Å². The minimum absolute atomic E-state index is 0.540. The summed E-state index contributed by atoms with van der Waals surface area (Å²) < 4.78 is 0. The van der Waals surface area contributed by atoms with Crippen LogP contribution in [0, 0.1) is 0 Å². The second kappa shape index (κ2) is 2.06. The average Bonchev–Trinajstić information content (AvgIpc) is 2.05. The van der Waals surface area contributed by atoms with Crippen LogP contribution >= 0.6 is 0 Å². The second-order valence-electron chi connectivity index (χ2n) is 5.65. The summed E-state index contributed by atoms with van der Waals surface area (Å²) in [6.45, 7) is 9.43. The zero-order chi connectivity index (χ0) is 7.99. The highest BCUT2D eigenvalue weighted by molar-refractivity contribution is 6.56. The van der Waals surface area contributed by atoms with Crippen molar-refractivity contribution in [1.82, 2.24) is 0 Å². The van der Waals surface area contributed by atoms with Gasteiger partial charge in [-0.15, -0.1) is 0 Å². The van der Waals surface area contributed by atoms with Crippen LogP contribution in [0.1, 0.15) is 34.1 Å². The van der Waals surface area contributed by atoms with Crippen molar-refractivity contribution in [1.29, 1.82) is 0 Å². The molecule has 0 saturated carbocycles. The fourth-order valence-electron chi connectivity index (χ4n) is 1.66. The lowest BCUT2D eigenvalue weighted by Gasteiger charge is -2.19. The second-order valence-corrected chi connectivity index (χ2v) is 5.65. The van der Waals surface area contributed by atoms with Crippen molar-refractivity contribution in [2.24, 2.45) is 0 Å². The molecule has 1 saturated heterocycles. The first-order chi connectivity index (χ1) is 4.31. The van der Waals surface area contributed by atoms with Gasteiger partial charge in [-0.3, -0.25) is 0 Å². The van der Waals surface area contributed by atoms with Gasteiger partial charge in [0.25, 0.3) is 0 Å². The summed E-state index contributed by atoms with van der Waals surface area (Å²) in [6, 6.07) is 0. The Bertz CT molecular complexity index is 133. The third kappa shape index (κ3) is 2.07. The molecule has 0 radical (unpaired) electrons. The number of rotatable bonds is 2. The zero-order valence-corrected chi connectivity index (χ0v) is 7.99. The summed E-state index contributed by atoms with van der Waals surface area (Å²) in [5.41, 5.74) is 0. The first-order valence-electron chi connectivity index (χ1n) is 4.31. The third-order valence-electron chi connectivity index (χ3n) is 2.58. The van der Waals surface area contributed by atoms with E-state index in [1.54, 1.807) is 0 Å². The smallest absolute Gasteiger partial charge is 0.0672 e. The molecule has 0 nitrogen and oxygen atoms in total. The molecule has 0 bridgehead atoms. The predicted molar refractivity (Wildman–Crippen MR) is 52.1 cm³/mol. The van der Waals surface area contributed by atoms with Gasteiger partial charge in [-0.05, 0) is 0 Å². The van der Waals surface area contributed by atoms with E-state index in [1.807, 2.05) is 0 Å². The fraction of sp³-hybridized carbons (Fsp3) is 1.00. The Balaban J connectivity index is 2.31. The van der Waals surface area contributed by atoms with Gasteiger partial charge in [-0.1, -0.05) is 50.6 Å². The number of hydrogen-bond acceptors (Lipinski definition) is 0. The SMILES string of the molecule is BC(C)(C)CC1BC1(C)C. The van der Waals surface area contributed by atoms with Gasteiger partial charge in [0.15, 0.2) is 0 Å². The van der Waals surface area contributed by atoms with Crippen molar-refractivity contribution < 1.29 is 0 Å². The quantitative estimate of drug-likeness (QED) is 0.506. The molecule has 1 atom stereocenters. The van der Waals surface area contributed by atoms with Crippen LogP contribution in [0.5, 0.6) is 0 Å². The molecule has 2 heteroatoms. The molecule has 0 aromatic heterocycles. The Morgan fingerprint density at radius 1 is 1.50 bits per heavy atom. The van der Waals surface area contributed by atoms with Crippen LogP contribution < -0.4 is 0 Å². The number of hydrogen-bond donors (Lipinski definition) is 0. The van der Waals surface area contributed by atoms with Gasteiger partial charge >= 0.3 is 0 Å². The van der Waals surface area contributed by atoms with E-state index in [-0.39, 0.29) is 0 Å². The Morgan fingerprint density at radius 3 is 2.00 bits per heavy atom. The van der Waals surface area contributed by atoms with Gasteiger partial charge in [-0.2, -0.15) is 0 Å². The van der Waals surface area contributed by atoms with Crippen LogP contribution in [0.3, 0.4) is 0 Å². The fourth-order valence-corrected chi connectivity index (χ4v) is 1.66. The van der Waals surface area contributed by atoms with E-state index in [2.05, 4.69) is 35.5 Å². The molecule has 1 unspecified atom stereocenters. The highest BCUT2D eigenvalue weighted by Crippen LogP contribution is 2.60. The summed E-state index contributed by atoms with van der Waals surface area (Å²) in [7, 11) is 3.78. The molecule has 0 aromatic rings. The highest BCUT2D eigenvalue weighted by atomic mass is 14.3. The Morgan fingerprint density at radius 2 is 1.90 bits per heavy atom. The maximum absolute atomic E-state index is 2.38. The molecular formula is C8H18B2. The van der Waals surface area contributed by atoms with E-state index < -0.39 is 0 Å². The van der Waals surface area contributed by atoms with Gasteiger partial charge in [0.05, 0.1) is 0 Å². The van der Waals surface area contributed by atoms with Crippen molar-refractivity contribution in [2.75, 3.05) is 0 Å². The Kier molecular flexibility index (Phi) is 1.69. The zero-order valence-electron chi connectivity index (χ0n) is 7.99. The summed E-state index contributed by atoms with van der Waals surface area (Å²) >= 11 is 0. The Hall–Kier alpha value is 0.130. The van der Waals surface area contributed by atoms with Crippen LogP contribution in [0.15, 0.2) is 0 Å². The molecule has 0 amide bonds. The minimum Gasteiger partial charge on any atom is -0.0672 e. The van der Waals surface area contributed by atoms with Crippen molar-refractivity contribution in [3.63, 3.8) is 0 Å². The normalized spacial score (nSPS) is 29.4. The molecular weight excluding hydrogens is 118 g/mol. The van der Waals surface area contributed by atoms with E-state index in [4.69, 9.17) is 0 Å². The average molecular weight is 136 g/mol. The van der Waals surface area contributed by atoms with Crippen LogP contribution in [0.25, 0.3) is 0 Å². The molecule has 1 aliphatic rings. The van der Waals surface area contributed by atoms with E-state index in [1.165, 1.54) is 13.7 Å². The summed E-state index contributed by atoms with van der Waals surface area (Å²) in [5.74, 6) is 1.01. The van der Waals surface area contributed by atoms with Crippen molar-refractivity contribution in [3.05, 3.63) is 0 Å². The summed E-state index contributed by atoms with van der Waals surface area (Å²) in [6.07, 6.45) is 1.40. The van der Waals surface area contributed by atoms with Gasteiger partial charge in [0, 0.05) is 0 Å². The standard InChI is InChI=1S/C8H18B2/c1-7(2,9)5-6-8(3,4)10-6/h6,10H,5,9H2,1-4H3. The molecule has 10 heavy (non-hydrogen) atoms. The van der Waals surface area contributed by atoms with Crippen LogP contribution in [0.4, 0.5) is 0 Å². The largest absolute Gasteiger partial charge is 0.130 e. The van der Waals surface area contributed by atoms with Gasteiger partial charge < -0.3 is 0 Å². The lowest BCUT2D eigenvalue weighted by Crippen LogP contribution is -2.01. The molecule has 0 aromatic carbocycles. The van der Waals surface area contributed by atoms with E-state index >= 15 is 0 Å². The van der Waals surface area contributed by atoms with Gasteiger partial charge in [0.2, 0.25) is 0 Å². The lowest BCUT2D eigenvalue weighted by atomic mass is 9.67. The third-order valence-corrected chi connectivity index (χ3v) is 2.58. The molecule has 1 rings (SSSR count).